The third kappa shape index (κ3) is 4.79. The van der Waals surface area contributed by atoms with Gasteiger partial charge in [-0.2, -0.15) is 4.98 Å². The number of ether oxygens (including phenoxy) is 1. The van der Waals surface area contributed by atoms with Crippen molar-refractivity contribution in [1.29, 1.82) is 0 Å². The molecule has 31 heavy (non-hydrogen) atoms. The van der Waals surface area contributed by atoms with E-state index < -0.39 is 0 Å². The molecule has 1 aromatic heterocycles. The second kappa shape index (κ2) is 9.77. The molecular weight excluding hydrogens is 390 g/mol. The van der Waals surface area contributed by atoms with Crippen LogP contribution in [0.5, 0.6) is 5.75 Å². The number of carbonyl (C=O) groups is 1. The highest BCUT2D eigenvalue weighted by Gasteiger charge is 2.34. The zero-order chi connectivity index (χ0) is 21.6. The van der Waals surface area contributed by atoms with Crippen LogP contribution in [0.4, 0.5) is 0 Å². The van der Waals surface area contributed by atoms with E-state index in [0.717, 1.165) is 30.6 Å². The summed E-state index contributed by atoms with van der Waals surface area (Å²) in [6.07, 6.45) is 6.43. The van der Waals surface area contributed by atoms with Crippen molar-refractivity contribution in [2.24, 2.45) is 0 Å². The Morgan fingerprint density at radius 2 is 2.03 bits per heavy atom. The minimum atomic E-state index is -0.191. The Morgan fingerprint density at radius 3 is 2.81 bits per heavy atom. The summed E-state index contributed by atoms with van der Waals surface area (Å²) >= 11 is 0. The minimum absolute atomic E-state index is 0.0174. The largest absolute Gasteiger partial charge is 0.497 e. The molecule has 6 nitrogen and oxygen atoms in total. The smallest absolute Gasteiger partial charge is 0.254 e. The molecule has 1 fully saturated rings. The summed E-state index contributed by atoms with van der Waals surface area (Å²) in [6, 6.07) is 15.4. The summed E-state index contributed by atoms with van der Waals surface area (Å²) in [7, 11) is 1.63. The van der Waals surface area contributed by atoms with Gasteiger partial charge < -0.3 is 14.2 Å². The van der Waals surface area contributed by atoms with Gasteiger partial charge in [0, 0.05) is 17.7 Å². The van der Waals surface area contributed by atoms with E-state index in [1.807, 2.05) is 41.3 Å². The number of hydrogen-bond acceptors (Lipinski definition) is 5. The molecule has 1 amide bonds. The molecule has 4 rings (SSSR count). The van der Waals surface area contributed by atoms with Crippen LogP contribution in [0.25, 0.3) is 11.4 Å². The number of unbranched alkanes of at least 4 members (excludes halogenated alkanes) is 2. The molecule has 0 bridgehead atoms. The highest BCUT2D eigenvalue weighted by Crippen LogP contribution is 2.33. The van der Waals surface area contributed by atoms with E-state index in [-0.39, 0.29) is 11.9 Å². The molecule has 3 aromatic rings. The summed E-state index contributed by atoms with van der Waals surface area (Å²) in [5.41, 5.74) is 2.81. The van der Waals surface area contributed by atoms with E-state index in [4.69, 9.17) is 9.26 Å². The van der Waals surface area contributed by atoms with Crippen molar-refractivity contribution >= 4 is 5.91 Å². The van der Waals surface area contributed by atoms with Gasteiger partial charge >= 0.3 is 0 Å². The lowest BCUT2D eigenvalue weighted by Crippen LogP contribution is -2.30. The molecule has 6 heteroatoms. The first-order valence-corrected chi connectivity index (χ1v) is 11.1. The predicted octanol–water partition coefficient (Wildman–Crippen LogP) is 5.46. The first-order chi connectivity index (χ1) is 15.2. The highest BCUT2D eigenvalue weighted by molar-refractivity contribution is 5.94. The molecule has 1 saturated heterocycles. The predicted molar refractivity (Wildman–Crippen MR) is 119 cm³/mol. The average Bonchev–Trinajstić information content (AvgIpc) is 3.49. The lowest BCUT2D eigenvalue weighted by atomic mass is 10.0. The van der Waals surface area contributed by atoms with Crippen molar-refractivity contribution < 1.29 is 14.1 Å². The van der Waals surface area contributed by atoms with Crippen LogP contribution in [0, 0.1) is 0 Å². The number of methoxy groups -OCH3 is 1. The van der Waals surface area contributed by atoms with Crippen molar-refractivity contribution in [3.63, 3.8) is 0 Å². The first kappa shape index (κ1) is 21.1. The number of aryl methyl sites for hydroxylation is 1. The third-order valence-electron chi connectivity index (χ3n) is 5.84. The zero-order valence-corrected chi connectivity index (χ0v) is 18.2. The lowest BCUT2D eigenvalue weighted by molar-refractivity contribution is 0.0710. The molecule has 2 aromatic carbocycles. The number of rotatable bonds is 8. The van der Waals surface area contributed by atoms with E-state index >= 15 is 0 Å². The summed E-state index contributed by atoms with van der Waals surface area (Å²) in [5.74, 6) is 1.74. The SMILES string of the molecule is CCCCCc1ccc(C(=O)N2CCC[C@@H]2c2nc(-c3cccc(OC)c3)no2)cc1. The van der Waals surface area contributed by atoms with E-state index in [2.05, 4.69) is 29.2 Å². The number of carbonyl (C=O) groups excluding carboxylic acids is 1. The van der Waals surface area contributed by atoms with Gasteiger partial charge in [-0.15, -0.1) is 0 Å². The summed E-state index contributed by atoms with van der Waals surface area (Å²) in [5, 5.41) is 4.14. The number of aromatic nitrogens is 2. The first-order valence-electron chi connectivity index (χ1n) is 11.1. The Labute approximate surface area is 183 Å². The van der Waals surface area contributed by atoms with Gasteiger partial charge in [0.15, 0.2) is 0 Å². The number of amides is 1. The molecule has 1 aliphatic heterocycles. The van der Waals surface area contributed by atoms with Crippen LogP contribution in [-0.4, -0.2) is 34.6 Å². The van der Waals surface area contributed by atoms with Crippen LogP contribution in [-0.2, 0) is 6.42 Å². The maximum Gasteiger partial charge on any atom is 0.254 e. The van der Waals surface area contributed by atoms with Crippen molar-refractivity contribution in [2.75, 3.05) is 13.7 Å². The fourth-order valence-corrected chi connectivity index (χ4v) is 4.08. The second-order valence-electron chi connectivity index (χ2n) is 8.00. The summed E-state index contributed by atoms with van der Waals surface area (Å²) in [4.78, 5) is 19.6. The Morgan fingerprint density at radius 1 is 1.19 bits per heavy atom. The van der Waals surface area contributed by atoms with E-state index in [9.17, 15) is 4.79 Å². The van der Waals surface area contributed by atoms with Gasteiger partial charge in [0.25, 0.3) is 5.91 Å². The van der Waals surface area contributed by atoms with Crippen LogP contribution in [0.1, 0.15) is 66.9 Å². The number of benzene rings is 2. The molecule has 0 saturated carbocycles. The van der Waals surface area contributed by atoms with Gasteiger partial charge in [-0.3, -0.25) is 4.79 Å². The van der Waals surface area contributed by atoms with Crippen LogP contribution in [0.15, 0.2) is 53.1 Å². The third-order valence-corrected chi connectivity index (χ3v) is 5.84. The number of likely N-dealkylation sites (tertiary alicyclic amines) is 1. The molecule has 0 radical (unpaired) electrons. The van der Waals surface area contributed by atoms with Gasteiger partial charge in [-0.25, -0.2) is 0 Å². The Hall–Kier alpha value is -3.15. The summed E-state index contributed by atoms with van der Waals surface area (Å²) in [6.45, 7) is 2.90. The maximum atomic E-state index is 13.2. The molecule has 0 N–H and O–H groups in total. The van der Waals surface area contributed by atoms with Crippen LogP contribution >= 0.6 is 0 Å². The fourth-order valence-electron chi connectivity index (χ4n) is 4.08. The van der Waals surface area contributed by atoms with Gasteiger partial charge in [0.1, 0.15) is 11.8 Å². The molecule has 0 unspecified atom stereocenters. The molecular formula is C25H29N3O3. The molecule has 0 aliphatic carbocycles. The van der Waals surface area contributed by atoms with Crippen molar-refractivity contribution in [3.8, 4) is 17.1 Å². The topological polar surface area (TPSA) is 68.5 Å². The average molecular weight is 420 g/mol. The van der Waals surface area contributed by atoms with Crippen LogP contribution < -0.4 is 4.74 Å². The van der Waals surface area contributed by atoms with Gasteiger partial charge in [0.05, 0.1) is 7.11 Å². The molecule has 1 aliphatic rings. The summed E-state index contributed by atoms with van der Waals surface area (Å²) < 4.78 is 10.8. The van der Waals surface area contributed by atoms with Gasteiger partial charge in [0.2, 0.25) is 11.7 Å². The fraction of sp³-hybridized carbons (Fsp3) is 0.400. The van der Waals surface area contributed by atoms with Gasteiger partial charge in [-0.05, 0) is 55.5 Å². The van der Waals surface area contributed by atoms with Crippen LogP contribution in [0.3, 0.4) is 0 Å². The Bertz CT molecular complexity index is 1010. The molecule has 0 spiro atoms. The number of hydrogen-bond donors (Lipinski definition) is 0. The van der Waals surface area contributed by atoms with Crippen molar-refractivity contribution in [1.82, 2.24) is 15.0 Å². The quantitative estimate of drug-likeness (QED) is 0.454. The van der Waals surface area contributed by atoms with Gasteiger partial charge in [-0.1, -0.05) is 49.2 Å². The maximum absolute atomic E-state index is 13.2. The molecule has 2 heterocycles. The van der Waals surface area contributed by atoms with Crippen LogP contribution in [0.2, 0.25) is 0 Å². The minimum Gasteiger partial charge on any atom is -0.497 e. The van der Waals surface area contributed by atoms with Crippen molar-refractivity contribution in [2.45, 2.75) is 51.5 Å². The standard InChI is InChI=1S/C25H29N3O3/c1-3-4-5-8-18-12-14-19(15-13-18)25(29)28-16-7-11-22(28)24-26-23(27-31-24)20-9-6-10-21(17-20)30-2/h6,9-10,12-15,17,22H,3-5,7-8,11,16H2,1-2H3/t22-/m1/s1. The number of nitrogens with zero attached hydrogens (tertiary/aromatic N) is 3. The van der Waals surface area contributed by atoms with E-state index in [1.165, 1.54) is 24.8 Å². The highest BCUT2D eigenvalue weighted by atomic mass is 16.5. The normalized spacial score (nSPS) is 15.9. The van der Waals surface area contributed by atoms with E-state index in [0.29, 0.717) is 23.8 Å². The lowest BCUT2D eigenvalue weighted by Gasteiger charge is -2.22. The van der Waals surface area contributed by atoms with Crippen molar-refractivity contribution in [3.05, 3.63) is 65.5 Å². The second-order valence-corrected chi connectivity index (χ2v) is 8.00. The zero-order valence-electron chi connectivity index (χ0n) is 18.2. The molecule has 1 atom stereocenters. The molecule has 162 valence electrons. The Kier molecular flexibility index (Phi) is 6.65. The monoisotopic (exact) mass is 419 g/mol. The van der Waals surface area contributed by atoms with E-state index in [1.54, 1.807) is 7.11 Å². The Balaban J connectivity index is 1.48.